The molecular formula is C14H15BrFNO. The van der Waals surface area contributed by atoms with E-state index in [0.29, 0.717) is 5.69 Å². The quantitative estimate of drug-likeness (QED) is 0.872. The summed E-state index contributed by atoms with van der Waals surface area (Å²) in [6.45, 7) is 2.03. The number of nitrogens with one attached hydrogen (secondary N) is 1. The van der Waals surface area contributed by atoms with Gasteiger partial charge in [0.1, 0.15) is 11.6 Å². The van der Waals surface area contributed by atoms with Crippen LogP contribution in [0.25, 0.3) is 0 Å². The van der Waals surface area contributed by atoms with E-state index in [4.69, 9.17) is 4.42 Å². The molecule has 1 aromatic carbocycles. The molecule has 2 rings (SSSR count). The van der Waals surface area contributed by atoms with Crippen LogP contribution in [0.1, 0.15) is 19.1 Å². The first kappa shape index (κ1) is 13.1. The number of hydrogen-bond acceptors (Lipinski definition) is 2. The summed E-state index contributed by atoms with van der Waals surface area (Å²) < 4.78 is 19.7. The molecule has 1 unspecified atom stereocenters. The van der Waals surface area contributed by atoms with Crippen molar-refractivity contribution >= 4 is 21.6 Å². The van der Waals surface area contributed by atoms with Crippen molar-refractivity contribution in [3.8, 4) is 0 Å². The average Bonchev–Trinajstić information content (AvgIpc) is 2.84. The summed E-state index contributed by atoms with van der Waals surface area (Å²) in [5.41, 5.74) is 0.524. The number of halogens is 2. The van der Waals surface area contributed by atoms with Gasteiger partial charge in [-0.3, -0.25) is 0 Å². The zero-order valence-electron chi connectivity index (χ0n) is 10.1. The fraction of sp³-hybridized carbons (Fsp3) is 0.286. The van der Waals surface area contributed by atoms with Crippen molar-refractivity contribution < 1.29 is 8.81 Å². The van der Waals surface area contributed by atoms with Gasteiger partial charge in [-0.05, 0) is 43.7 Å². The van der Waals surface area contributed by atoms with E-state index in [0.717, 1.165) is 23.1 Å². The summed E-state index contributed by atoms with van der Waals surface area (Å²) in [5.74, 6) is 0.724. The first-order chi connectivity index (χ1) is 8.65. The highest BCUT2D eigenvalue weighted by Crippen LogP contribution is 2.21. The normalized spacial score (nSPS) is 12.4. The molecule has 0 fully saturated rings. The molecule has 96 valence electrons. The van der Waals surface area contributed by atoms with Gasteiger partial charge in [0.15, 0.2) is 0 Å². The Balaban J connectivity index is 1.90. The van der Waals surface area contributed by atoms with Crippen LogP contribution in [-0.2, 0) is 6.42 Å². The van der Waals surface area contributed by atoms with Crippen LogP contribution in [0.2, 0.25) is 0 Å². The number of furan rings is 1. The third-order valence-electron chi connectivity index (χ3n) is 2.73. The monoisotopic (exact) mass is 311 g/mol. The Hall–Kier alpha value is -1.29. The number of anilines is 1. The molecule has 18 heavy (non-hydrogen) atoms. The highest BCUT2D eigenvalue weighted by Gasteiger charge is 2.08. The molecule has 2 nitrogen and oxygen atoms in total. The second kappa shape index (κ2) is 6.05. The Morgan fingerprint density at radius 3 is 2.94 bits per heavy atom. The van der Waals surface area contributed by atoms with Crippen LogP contribution in [-0.4, -0.2) is 6.04 Å². The summed E-state index contributed by atoms with van der Waals surface area (Å²) >= 11 is 3.34. The van der Waals surface area contributed by atoms with Crippen LogP contribution < -0.4 is 5.32 Å². The molecule has 0 spiro atoms. The van der Waals surface area contributed by atoms with Gasteiger partial charge >= 0.3 is 0 Å². The lowest BCUT2D eigenvalue weighted by molar-refractivity contribution is 0.494. The van der Waals surface area contributed by atoms with E-state index in [1.807, 2.05) is 19.1 Å². The molecule has 4 heteroatoms. The molecule has 0 bridgehead atoms. The molecule has 0 aliphatic rings. The highest BCUT2D eigenvalue weighted by atomic mass is 79.9. The standard InChI is InChI=1S/C14H15BrFNO/c1-10(4-6-12-3-2-8-18-12)17-14-9-11(15)5-7-13(14)16/h2-3,5,7-10,17H,4,6H2,1H3. The van der Waals surface area contributed by atoms with Gasteiger partial charge in [-0.25, -0.2) is 4.39 Å². The average molecular weight is 312 g/mol. The van der Waals surface area contributed by atoms with Crippen LogP contribution >= 0.6 is 15.9 Å². The summed E-state index contributed by atoms with van der Waals surface area (Å²) in [7, 11) is 0. The van der Waals surface area contributed by atoms with Crippen LogP contribution in [0, 0.1) is 5.82 Å². The predicted molar refractivity (Wildman–Crippen MR) is 74.2 cm³/mol. The largest absolute Gasteiger partial charge is 0.469 e. The van der Waals surface area contributed by atoms with Crippen LogP contribution in [0.15, 0.2) is 45.5 Å². The molecule has 0 aliphatic heterocycles. The minimum Gasteiger partial charge on any atom is -0.469 e. The molecule has 0 saturated heterocycles. The van der Waals surface area contributed by atoms with E-state index < -0.39 is 0 Å². The molecule has 0 amide bonds. The maximum atomic E-state index is 13.5. The van der Waals surface area contributed by atoms with Crippen LogP contribution in [0.4, 0.5) is 10.1 Å². The molecule has 2 aromatic rings. The lowest BCUT2D eigenvalue weighted by Gasteiger charge is -2.15. The molecule has 0 radical (unpaired) electrons. The summed E-state index contributed by atoms with van der Waals surface area (Å²) in [6, 6.07) is 8.89. The van der Waals surface area contributed by atoms with Gasteiger partial charge in [0.25, 0.3) is 0 Å². The molecule has 0 aliphatic carbocycles. The van der Waals surface area contributed by atoms with Gasteiger partial charge in [-0.1, -0.05) is 15.9 Å². The molecular weight excluding hydrogens is 297 g/mol. The Bertz CT molecular complexity index is 499. The third-order valence-corrected chi connectivity index (χ3v) is 3.23. The van der Waals surface area contributed by atoms with Crippen LogP contribution in [0.5, 0.6) is 0 Å². The topological polar surface area (TPSA) is 25.2 Å². The second-order valence-electron chi connectivity index (χ2n) is 4.29. The fourth-order valence-electron chi connectivity index (χ4n) is 1.76. The molecule has 0 saturated carbocycles. The Morgan fingerprint density at radius 2 is 2.22 bits per heavy atom. The first-order valence-corrected chi connectivity index (χ1v) is 6.68. The Kier molecular flexibility index (Phi) is 4.42. The van der Waals surface area contributed by atoms with Gasteiger partial charge in [-0.2, -0.15) is 0 Å². The van der Waals surface area contributed by atoms with Crippen molar-refractivity contribution in [3.05, 3.63) is 52.6 Å². The van der Waals surface area contributed by atoms with Gasteiger partial charge in [-0.15, -0.1) is 0 Å². The third kappa shape index (κ3) is 3.60. The van der Waals surface area contributed by atoms with Gasteiger partial charge in [0.05, 0.1) is 12.0 Å². The Labute approximate surface area is 114 Å². The zero-order valence-corrected chi connectivity index (χ0v) is 11.7. The molecule has 1 aromatic heterocycles. The van der Waals surface area contributed by atoms with Gasteiger partial charge in [0.2, 0.25) is 0 Å². The molecule has 1 N–H and O–H groups in total. The summed E-state index contributed by atoms with van der Waals surface area (Å²) in [6.07, 6.45) is 3.40. The number of benzene rings is 1. The maximum Gasteiger partial charge on any atom is 0.146 e. The van der Waals surface area contributed by atoms with Crippen molar-refractivity contribution in [3.63, 3.8) is 0 Å². The number of rotatable bonds is 5. The van der Waals surface area contributed by atoms with Crippen molar-refractivity contribution in [2.24, 2.45) is 0 Å². The molecule has 1 heterocycles. The minimum atomic E-state index is -0.233. The minimum absolute atomic E-state index is 0.180. The number of hydrogen-bond donors (Lipinski definition) is 1. The predicted octanol–water partition coefficient (Wildman–Crippen LogP) is 4.61. The first-order valence-electron chi connectivity index (χ1n) is 5.89. The van der Waals surface area contributed by atoms with Crippen molar-refractivity contribution in [1.82, 2.24) is 0 Å². The Morgan fingerprint density at radius 1 is 1.39 bits per heavy atom. The van der Waals surface area contributed by atoms with Gasteiger partial charge < -0.3 is 9.73 Å². The van der Waals surface area contributed by atoms with E-state index in [2.05, 4.69) is 21.2 Å². The lowest BCUT2D eigenvalue weighted by Crippen LogP contribution is -2.16. The summed E-state index contributed by atoms with van der Waals surface area (Å²) in [4.78, 5) is 0. The van der Waals surface area contributed by atoms with Crippen molar-refractivity contribution in [1.29, 1.82) is 0 Å². The van der Waals surface area contributed by atoms with E-state index in [9.17, 15) is 4.39 Å². The van der Waals surface area contributed by atoms with Crippen molar-refractivity contribution in [2.75, 3.05) is 5.32 Å². The van der Waals surface area contributed by atoms with E-state index in [-0.39, 0.29) is 11.9 Å². The lowest BCUT2D eigenvalue weighted by atomic mass is 10.1. The van der Waals surface area contributed by atoms with E-state index in [1.165, 1.54) is 6.07 Å². The SMILES string of the molecule is CC(CCc1ccco1)Nc1cc(Br)ccc1F. The van der Waals surface area contributed by atoms with Crippen LogP contribution in [0.3, 0.4) is 0 Å². The van der Waals surface area contributed by atoms with E-state index >= 15 is 0 Å². The van der Waals surface area contributed by atoms with E-state index in [1.54, 1.807) is 18.4 Å². The fourth-order valence-corrected chi connectivity index (χ4v) is 2.12. The molecule has 1 atom stereocenters. The smallest absolute Gasteiger partial charge is 0.146 e. The highest BCUT2D eigenvalue weighted by molar-refractivity contribution is 9.10. The van der Waals surface area contributed by atoms with Gasteiger partial charge in [0, 0.05) is 16.9 Å². The number of aryl methyl sites for hydroxylation is 1. The maximum absolute atomic E-state index is 13.5. The summed E-state index contributed by atoms with van der Waals surface area (Å²) in [5, 5.41) is 3.17. The van der Waals surface area contributed by atoms with Crippen molar-refractivity contribution in [2.45, 2.75) is 25.8 Å². The zero-order chi connectivity index (χ0) is 13.0. The second-order valence-corrected chi connectivity index (χ2v) is 5.20.